The fraction of sp³-hybridized carbons (Fsp3) is 0.350. The number of nitrogens with two attached hydrogens (primary N) is 1. The third kappa shape index (κ3) is 6.24. The van der Waals surface area contributed by atoms with Gasteiger partial charge in [-0.1, -0.05) is 11.8 Å². The van der Waals surface area contributed by atoms with Crippen molar-refractivity contribution in [3.63, 3.8) is 0 Å². The molecule has 0 saturated heterocycles. The van der Waals surface area contributed by atoms with Gasteiger partial charge in [-0.15, -0.1) is 0 Å². The Balaban J connectivity index is 2.18. The van der Waals surface area contributed by atoms with Gasteiger partial charge in [0.05, 0.1) is 31.1 Å². The van der Waals surface area contributed by atoms with Crippen molar-refractivity contribution in [2.24, 2.45) is 5.11 Å². The Hall–Kier alpha value is -2.58. The monoisotopic (exact) mass is 405 g/mol. The van der Waals surface area contributed by atoms with Gasteiger partial charge < -0.3 is 18.9 Å². The molecule has 2 N–H and O–H groups in total. The zero-order valence-corrected chi connectivity index (χ0v) is 17.1. The highest BCUT2D eigenvalue weighted by Crippen LogP contribution is 2.42. The van der Waals surface area contributed by atoms with E-state index in [0.29, 0.717) is 42.8 Å². The number of rotatable bonds is 11. The molecule has 8 heteroatoms. The van der Waals surface area contributed by atoms with Crippen LogP contribution in [0.5, 0.6) is 17.2 Å². The lowest BCUT2D eigenvalue weighted by molar-refractivity contribution is -0.210. The summed E-state index contributed by atoms with van der Waals surface area (Å²) in [6.07, 6.45) is 0.212. The van der Waals surface area contributed by atoms with Crippen LogP contribution in [0.3, 0.4) is 0 Å². The van der Waals surface area contributed by atoms with Crippen LogP contribution < -0.4 is 19.7 Å². The minimum Gasteiger partial charge on any atom is -0.493 e. The molecule has 0 fully saturated rings. The molecule has 0 heterocycles. The number of hydrogen-bond donors (Lipinski definition) is 1. The highest BCUT2D eigenvalue weighted by molar-refractivity contribution is 7.99. The highest BCUT2D eigenvalue weighted by atomic mass is 32.2. The molecular formula is C20H25N2O5S+. The summed E-state index contributed by atoms with van der Waals surface area (Å²) < 4.78 is 21.5. The van der Waals surface area contributed by atoms with E-state index in [9.17, 15) is 4.79 Å². The average molecular weight is 405 g/mol. The third-order valence-corrected chi connectivity index (χ3v) is 4.60. The van der Waals surface area contributed by atoms with E-state index in [1.54, 1.807) is 25.3 Å². The maximum atomic E-state index is 11.7. The van der Waals surface area contributed by atoms with Gasteiger partial charge in [-0.3, -0.25) is 4.79 Å². The molecule has 0 bridgehead atoms. The molecule has 2 aromatic carbocycles. The van der Waals surface area contributed by atoms with Gasteiger partial charge in [0.25, 0.3) is 0 Å². The number of ether oxygens (including phenoxy) is 4. The molecule has 28 heavy (non-hydrogen) atoms. The lowest BCUT2D eigenvalue weighted by atomic mass is 10.2. The number of carbonyl (C=O) groups is 1. The van der Waals surface area contributed by atoms with E-state index >= 15 is 0 Å². The Morgan fingerprint density at radius 2 is 1.75 bits per heavy atom. The van der Waals surface area contributed by atoms with E-state index < -0.39 is 0 Å². The minimum absolute atomic E-state index is 0.212. The Kier molecular flexibility index (Phi) is 8.77. The van der Waals surface area contributed by atoms with Crippen molar-refractivity contribution in [2.75, 3.05) is 26.9 Å². The van der Waals surface area contributed by atoms with Gasteiger partial charge in [0.1, 0.15) is 11.5 Å². The van der Waals surface area contributed by atoms with Crippen molar-refractivity contribution in [1.29, 1.82) is 0 Å². The van der Waals surface area contributed by atoms with Crippen LogP contribution in [0, 0.1) is 0 Å². The lowest BCUT2D eigenvalue weighted by Crippen LogP contribution is -2.22. The maximum absolute atomic E-state index is 11.7. The Labute approximate surface area is 168 Å². The smallest absolute Gasteiger partial charge is 0.313 e. The Bertz CT molecular complexity index is 796. The van der Waals surface area contributed by atoms with Crippen molar-refractivity contribution in [3.05, 3.63) is 36.4 Å². The zero-order chi connectivity index (χ0) is 20.4. The first-order valence-corrected chi connectivity index (χ1v) is 9.75. The predicted molar refractivity (Wildman–Crippen MR) is 105 cm³/mol. The van der Waals surface area contributed by atoms with Crippen molar-refractivity contribution in [1.82, 2.24) is 0 Å². The molecule has 7 nitrogen and oxygen atoms in total. The topological polar surface area (TPSA) is 91.9 Å². The molecule has 0 unspecified atom stereocenters. The second kappa shape index (κ2) is 11.3. The van der Waals surface area contributed by atoms with Gasteiger partial charge in [-0.2, -0.15) is 5.53 Å². The summed E-state index contributed by atoms with van der Waals surface area (Å²) in [4.78, 5) is 13.5. The van der Waals surface area contributed by atoms with Crippen LogP contribution in [0.4, 0.5) is 5.69 Å². The van der Waals surface area contributed by atoms with Crippen molar-refractivity contribution >= 4 is 23.4 Å². The van der Waals surface area contributed by atoms with E-state index in [4.69, 9.17) is 24.5 Å². The molecule has 2 rings (SSSR count). The molecule has 0 aliphatic carbocycles. The molecule has 0 radical (unpaired) electrons. The fourth-order valence-corrected chi connectivity index (χ4v) is 3.23. The summed E-state index contributed by atoms with van der Waals surface area (Å²) in [5.74, 6) is 1.43. The standard InChI is InChI=1S/C20H24N2O5S/c1-4-25-17-13-19(18(26-5-2)12-16(17)22-21)28-15-8-6-14(7-9-15)27-20(23)10-11-24-3/h6-9,12-13,21H,4-5,10-11H2,1-3H3/p+1. The summed E-state index contributed by atoms with van der Waals surface area (Å²) in [5.41, 5.74) is 6.00. The Morgan fingerprint density at radius 3 is 2.36 bits per heavy atom. The summed E-state index contributed by atoms with van der Waals surface area (Å²) in [5, 5.41) is 3.77. The number of carbonyl (C=O) groups excluding carboxylic acids is 1. The fourth-order valence-electron chi connectivity index (χ4n) is 2.32. The quantitative estimate of drug-likeness (QED) is 0.350. The summed E-state index contributed by atoms with van der Waals surface area (Å²) >= 11 is 1.51. The summed E-state index contributed by atoms with van der Waals surface area (Å²) in [7, 11) is 1.54. The number of methoxy groups -OCH3 is 1. The van der Waals surface area contributed by atoms with Crippen molar-refractivity contribution in [2.45, 2.75) is 30.1 Å². The van der Waals surface area contributed by atoms with Crippen LogP contribution in [0.25, 0.3) is 0 Å². The zero-order valence-electron chi connectivity index (χ0n) is 16.3. The lowest BCUT2D eigenvalue weighted by Gasteiger charge is -2.13. The first-order chi connectivity index (χ1) is 13.6. The number of esters is 1. The third-order valence-electron chi connectivity index (χ3n) is 3.56. The van der Waals surface area contributed by atoms with Gasteiger partial charge >= 0.3 is 5.97 Å². The van der Waals surface area contributed by atoms with Gasteiger partial charge in [-0.05, 0) is 43.2 Å². The van der Waals surface area contributed by atoms with Gasteiger partial charge in [0.15, 0.2) is 11.4 Å². The summed E-state index contributed by atoms with van der Waals surface area (Å²) in [6.45, 7) is 5.17. The van der Waals surface area contributed by atoms with Crippen LogP contribution in [-0.4, -0.2) is 32.9 Å². The largest absolute Gasteiger partial charge is 0.493 e. The van der Waals surface area contributed by atoms with Gasteiger partial charge in [-0.25, -0.2) is 0 Å². The van der Waals surface area contributed by atoms with Crippen LogP contribution in [0.2, 0.25) is 0 Å². The van der Waals surface area contributed by atoms with Gasteiger partial charge in [0.2, 0.25) is 0 Å². The SMILES string of the molecule is CCOc1cc(Sc2ccc(OC(=O)CCOC)cc2)c(OCC)cc1N=[NH2+]. The molecule has 150 valence electrons. The molecule has 0 spiro atoms. The van der Waals surface area contributed by atoms with Crippen LogP contribution in [0.15, 0.2) is 51.3 Å². The molecule has 2 aromatic rings. The summed E-state index contributed by atoms with van der Waals surface area (Å²) in [6, 6.07) is 10.9. The Morgan fingerprint density at radius 1 is 1.07 bits per heavy atom. The normalized spacial score (nSPS) is 10.4. The molecule has 0 atom stereocenters. The average Bonchev–Trinajstić information content (AvgIpc) is 2.70. The van der Waals surface area contributed by atoms with E-state index in [0.717, 1.165) is 9.79 Å². The molecule has 0 aromatic heterocycles. The van der Waals surface area contributed by atoms with E-state index in [2.05, 4.69) is 5.11 Å². The molecule has 0 saturated carbocycles. The van der Waals surface area contributed by atoms with E-state index in [-0.39, 0.29) is 12.4 Å². The second-order valence-electron chi connectivity index (χ2n) is 5.55. The highest BCUT2D eigenvalue weighted by Gasteiger charge is 2.15. The van der Waals surface area contributed by atoms with Gasteiger partial charge in [0, 0.05) is 24.1 Å². The number of benzene rings is 2. The number of hydrogen-bond acceptors (Lipinski definition) is 7. The second-order valence-corrected chi connectivity index (χ2v) is 6.67. The molecule has 0 aliphatic heterocycles. The number of nitrogens with zero attached hydrogens (tertiary/aromatic N) is 1. The van der Waals surface area contributed by atoms with E-state index in [1.807, 2.05) is 32.0 Å². The van der Waals surface area contributed by atoms with Crippen LogP contribution in [0.1, 0.15) is 20.3 Å². The minimum atomic E-state index is -0.330. The van der Waals surface area contributed by atoms with Crippen LogP contribution in [-0.2, 0) is 9.53 Å². The molecule has 0 amide bonds. The molecular weight excluding hydrogens is 380 g/mol. The van der Waals surface area contributed by atoms with Crippen LogP contribution >= 0.6 is 11.8 Å². The van der Waals surface area contributed by atoms with Crippen molar-refractivity contribution < 1.29 is 29.3 Å². The maximum Gasteiger partial charge on any atom is 0.313 e. The predicted octanol–water partition coefficient (Wildman–Crippen LogP) is 3.42. The molecule has 0 aliphatic rings. The first-order valence-electron chi connectivity index (χ1n) is 8.93. The first kappa shape index (κ1) is 21.7. The van der Waals surface area contributed by atoms with Crippen molar-refractivity contribution in [3.8, 4) is 17.2 Å². The van der Waals surface area contributed by atoms with E-state index in [1.165, 1.54) is 11.8 Å².